The van der Waals surface area contributed by atoms with Gasteiger partial charge in [-0.3, -0.25) is 0 Å². The highest BCUT2D eigenvalue weighted by Crippen LogP contribution is 2.11. The van der Waals surface area contributed by atoms with Crippen molar-refractivity contribution in [1.29, 1.82) is 0 Å². The van der Waals surface area contributed by atoms with Crippen LogP contribution in [0.15, 0.2) is 24.3 Å². The minimum atomic E-state index is 0.663. The smallest absolute Gasteiger partial charge is 0.0340 e. The number of hydrogen-bond donors (Lipinski definition) is 2. The first-order chi connectivity index (χ1) is 7.38. The van der Waals surface area contributed by atoms with Gasteiger partial charge in [-0.1, -0.05) is 19.1 Å². The van der Waals surface area contributed by atoms with Crippen molar-refractivity contribution < 1.29 is 0 Å². The molecule has 0 bridgehead atoms. The van der Waals surface area contributed by atoms with Crippen LogP contribution in [0.1, 0.15) is 25.3 Å². The quantitative estimate of drug-likeness (QED) is 0.787. The van der Waals surface area contributed by atoms with E-state index in [0.717, 1.165) is 13.0 Å². The van der Waals surface area contributed by atoms with Gasteiger partial charge in [0.2, 0.25) is 0 Å². The van der Waals surface area contributed by atoms with Gasteiger partial charge < -0.3 is 10.6 Å². The Kier molecular flexibility index (Phi) is 3.62. The molecule has 1 aromatic rings. The Hall–Kier alpha value is -1.02. The van der Waals surface area contributed by atoms with Crippen LogP contribution < -0.4 is 10.6 Å². The highest BCUT2D eigenvalue weighted by Gasteiger charge is 2.12. The van der Waals surface area contributed by atoms with Crippen LogP contribution in [-0.4, -0.2) is 19.1 Å². The first kappa shape index (κ1) is 10.5. The molecule has 2 heteroatoms. The maximum Gasteiger partial charge on any atom is 0.0340 e. The summed E-state index contributed by atoms with van der Waals surface area (Å²) in [6.45, 7) is 4.41. The van der Waals surface area contributed by atoms with Crippen LogP contribution >= 0.6 is 0 Å². The fraction of sp³-hybridized carbons (Fsp3) is 0.538. The Morgan fingerprint density at radius 3 is 2.73 bits per heavy atom. The molecule has 0 radical (unpaired) electrons. The van der Waals surface area contributed by atoms with E-state index in [-0.39, 0.29) is 0 Å². The van der Waals surface area contributed by atoms with Crippen molar-refractivity contribution in [3.8, 4) is 0 Å². The van der Waals surface area contributed by atoms with Gasteiger partial charge in [0.05, 0.1) is 0 Å². The van der Waals surface area contributed by atoms with E-state index in [9.17, 15) is 0 Å². The molecule has 1 atom stereocenters. The van der Waals surface area contributed by atoms with Crippen molar-refractivity contribution >= 4 is 5.69 Å². The third kappa shape index (κ3) is 2.96. The van der Waals surface area contributed by atoms with E-state index in [1.54, 1.807) is 0 Å². The van der Waals surface area contributed by atoms with Crippen LogP contribution in [0.2, 0.25) is 0 Å². The van der Waals surface area contributed by atoms with Crippen LogP contribution in [0.5, 0.6) is 0 Å². The van der Waals surface area contributed by atoms with E-state index in [1.807, 2.05) is 0 Å². The summed E-state index contributed by atoms with van der Waals surface area (Å²) < 4.78 is 0. The predicted molar refractivity (Wildman–Crippen MR) is 65.3 cm³/mol. The van der Waals surface area contributed by atoms with E-state index in [1.165, 1.54) is 30.6 Å². The van der Waals surface area contributed by atoms with Crippen LogP contribution in [0.4, 0.5) is 5.69 Å². The molecule has 1 heterocycles. The molecule has 2 N–H and O–H groups in total. The Morgan fingerprint density at radius 2 is 2.13 bits per heavy atom. The van der Waals surface area contributed by atoms with Gasteiger partial charge in [0.15, 0.2) is 0 Å². The maximum absolute atomic E-state index is 3.49. The second kappa shape index (κ2) is 5.17. The van der Waals surface area contributed by atoms with E-state index < -0.39 is 0 Å². The van der Waals surface area contributed by atoms with Crippen molar-refractivity contribution in [3.63, 3.8) is 0 Å². The third-order valence-electron chi connectivity index (χ3n) is 3.08. The third-order valence-corrected chi connectivity index (χ3v) is 3.08. The van der Waals surface area contributed by atoms with Crippen LogP contribution in [0, 0.1) is 0 Å². The first-order valence-corrected chi connectivity index (χ1v) is 5.94. The van der Waals surface area contributed by atoms with Crippen LogP contribution in [-0.2, 0) is 6.42 Å². The zero-order valence-electron chi connectivity index (χ0n) is 9.42. The van der Waals surface area contributed by atoms with Gasteiger partial charge in [-0.25, -0.2) is 0 Å². The Morgan fingerprint density at radius 1 is 1.33 bits per heavy atom. The van der Waals surface area contributed by atoms with Gasteiger partial charge in [0.1, 0.15) is 0 Å². The monoisotopic (exact) mass is 204 g/mol. The van der Waals surface area contributed by atoms with Gasteiger partial charge in [0.25, 0.3) is 0 Å². The number of benzene rings is 1. The van der Waals surface area contributed by atoms with Crippen LogP contribution in [0.25, 0.3) is 0 Å². The summed E-state index contributed by atoms with van der Waals surface area (Å²) in [7, 11) is 0. The SMILES string of the molecule is CCc1ccc(NCC2CCCN2)cc1. The Bertz CT molecular complexity index is 286. The summed E-state index contributed by atoms with van der Waals surface area (Å²) in [6, 6.07) is 9.41. The van der Waals surface area contributed by atoms with E-state index in [0.29, 0.717) is 6.04 Å². The molecule has 1 aromatic carbocycles. The molecule has 15 heavy (non-hydrogen) atoms. The second-order valence-corrected chi connectivity index (χ2v) is 4.22. The number of anilines is 1. The number of nitrogens with one attached hydrogen (secondary N) is 2. The lowest BCUT2D eigenvalue weighted by molar-refractivity contribution is 0.633. The minimum Gasteiger partial charge on any atom is -0.383 e. The zero-order chi connectivity index (χ0) is 10.5. The van der Waals surface area contributed by atoms with Crippen molar-refractivity contribution in [3.05, 3.63) is 29.8 Å². The summed E-state index contributed by atoms with van der Waals surface area (Å²) in [5.74, 6) is 0. The zero-order valence-corrected chi connectivity index (χ0v) is 9.42. The van der Waals surface area contributed by atoms with Crippen molar-refractivity contribution in [2.75, 3.05) is 18.4 Å². The molecule has 0 aromatic heterocycles. The molecule has 1 aliphatic rings. The molecule has 1 aliphatic heterocycles. The summed E-state index contributed by atoms with van der Waals surface area (Å²) >= 11 is 0. The fourth-order valence-electron chi connectivity index (χ4n) is 2.03. The molecular formula is C13H20N2. The normalized spacial score (nSPS) is 20.5. The van der Waals surface area contributed by atoms with Crippen molar-refractivity contribution in [1.82, 2.24) is 5.32 Å². The van der Waals surface area contributed by atoms with Crippen LogP contribution in [0.3, 0.4) is 0 Å². The lowest BCUT2D eigenvalue weighted by Crippen LogP contribution is -2.29. The predicted octanol–water partition coefficient (Wildman–Crippen LogP) is 2.41. The van der Waals surface area contributed by atoms with Gasteiger partial charge in [-0.05, 0) is 43.5 Å². The molecule has 2 nitrogen and oxygen atoms in total. The second-order valence-electron chi connectivity index (χ2n) is 4.22. The van der Waals surface area contributed by atoms with Gasteiger partial charge in [-0.15, -0.1) is 0 Å². The molecule has 0 spiro atoms. The summed E-state index contributed by atoms with van der Waals surface area (Å²) in [6.07, 6.45) is 3.74. The minimum absolute atomic E-state index is 0.663. The summed E-state index contributed by atoms with van der Waals surface area (Å²) in [4.78, 5) is 0. The van der Waals surface area contributed by atoms with E-state index in [4.69, 9.17) is 0 Å². The largest absolute Gasteiger partial charge is 0.383 e. The van der Waals surface area contributed by atoms with E-state index >= 15 is 0 Å². The lowest BCUT2D eigenvalue weighted by atomic mass is 10.1. The highest BCUT2D eigenvalue weighted by atomic mass is 15.0. The molecule has 82 valence electrons. The number of hydrogen-bond acceptors (Lipinski definition) is 2. The number of aryl methyl sites for hydroxylation is 1. The van der Waals surface area contributed by atoms with E-state index in [2.05, 4.69) is 41.8 Å². The molecule has 2 rings (SSSR count). The molecule has 1 unspecified atom stereocenters. The fourth-order valence-corrected chi connectivity index (χ4v) is 2.03. The average molecular weight is 204 g/mol. The molecular weight excluding hydrogens is 184 g/mol. The summed E-state index contributed by atoms with van der Waals surface area (Å²) in [5, 5.41) is 6.96. The number of rotatable bonds is 4. The molecule has 0 saturated carbocycles. The molecule has 1 fully saturated rings. The molecule has 0 aliphatic carbocycles. The highest BCUT2D eigenvalue weighted by molar-refractivity contribution is 5.44. The van der Waals surface area contributed by atoms with Crippen molar-refractivity contribution in [2.24, 2.45) is 0 Å². The lowest BCUT2D eigenvalue weighted by Gasteiger charge is -2.12. The average Bonchev–Trinajstić information content (AvgIpc) is 2.80. The van der Waals surface area contributed by atoms with Gasteiger partial charge in [-0.2, -0.15) is 0 Å². The van der Waals surface area contributed by atoms with Crippen molar-refractivity contribution in [2.45, 2.75) is 32.2 Å². The Labute approximate surface area is 92.1 Å². The maximum atomic E-state index is 3.49. The first-order valence-electron chi connectivity index (χ1n) is 5.94. The standard InChI is InChI=1S/C13H20N2/c1-2-11-5-7-12(8-6-11)15-10-13-4-3-9-14-13/h5-8,13-15H,2-4,9-10H2,1H3. The summed E-state index contributed by atoms with van der Waals surface area (Å²) in [5.41, 5.74) is 2.64. The van der Waals surface area contributed by atoms with Gasteiger partial charge >= 0.3 is 0 Å². The topological polar surface area (TPSA) is 24.1 Å². The molecule has 1 saturated heterocycles. The molecule has 0 amide bonds. The Balaban J connectivity index is 1.82. The van der Waals surface area contributed by atoms with Gasteiger partial charge in [0, 0.05) is 18.3 Å².